The van der Waals surface area contributed by atoms with Crippen LogP contribution < -0.4 is 0 Å². The fraction of sp³-hybridized carbons (Fsp3) is 0.556. The summed E-state index contributed by atoms with van der Waals surface area (Å²) < 4.78 is 2.06. The summed E-state index contributed by atoms with van der Waals surface area (Å²) >= 11 is 0. The average molecular weight is 314 g/mol. The monoisotopic (exact) mass is 314 g/mol. The highest BCUT2D eigenvalue weighted by atomic mass is 16.3. The lowest BCUT2D eigenvalue weighted by atomic mass is 9.86. The molecule has 2 atom stereocenters. The topological polar surface area (TPSA) is 54.2 Å². The number of nitrogens with zero attached hydrogens (tertiary/aromatic N) is 4. The van der Waals surface area contributed by atoms with Crippen molar-refractivity contribution in [3.8, 4) is 11.4 Å². The van der Waals surface area contributed by atoms with Crippen LogP contribution in [0.15, 0.2) is 30.3 Å². The van der Waals surface area contributed by atoms with E-state index < -0.39 is 0 Å². The smallest absolute Gasteiger partial charge is 0.163 e. The van der Waals surface area contributed by atoms with E-state index in [1.807, 2.05) is 25.2 Å². The molecule has 0 bridgehead atoms. The van der Waals surface area contributed by atoms with Crippen molar-refractivity contribution in [2.75, 3.05) is 13.6 Å². The van der Waals surface area contributed by atoms with Crippen molar-refractivity contribution in [1.29, 1.82) is 0 Å². The molecule has 1 N–H and O–H groups in total. The maximum Gasteiger partial charge on any atom is 0.163 e. The number of hydrogen-bond donors (Lipinski definition) is 1. The van der Waals surface area contributed by atoms with Crippen molar-refractivity contribution < 1.29 is 5.11 Å². The third-order valence-electron chi connectivity index (χ3n) is 4.82. The molecule has 3 rings (SSSR count). The lowest BCUT2D eigenvalue weighted by molar-refractivity contribution is 0.0496. The van der Waals surface area contributed by atoms with Crippen LogP contribution in [0.25, 0.3) is 11.4 Å². The molecule has 2 unspecified atom stereocenters. The first-order chi connectivity index (χ1) is 11.1. The van der Waals surface area contributed by atoms with E-state index in [4.69, 9.17) is 0 Å². The maximum atomic E-state index is 10.1. The average Bonchev–Trinajstić information content (AvgIpc) is 2.91. The second-order valence-corrected chi connectivity index (χ2v) is 6.67. The molecule has 1 saturated carbocycles. The molecule has 23 heavy (non-hydrogen) atoms. The zero-order valence-corrected chi connectivity index (χ0v) is 14.0. The van der Waals surface area contributed by atoms with Crippen molar-refractivity contribution in [3.05, 3.63) is 36.2 Å². The highest BCUT2D eigenvalue weighted by Gasteiger charge is 2.24. The summed E-state index contributed by atoms with van der Waals surface area (Å²) in [5.41, 5.74) is 1.08. The number of benzene rings is 1. The summed E-state index contributed by atoms with van der Waals surface area (Å²) in [6, 6.07) is 10.1. The molecule has 0 radical (unpaired) electrons. The van der Waals surface area contributed by atoms with Gasteiger partial charge in [0, 0.05) is 19.2 Å². The highest BCUT2D eigenvalue weighted by Crippen LogP contribution is 2.25. The fourth-order valence-electron chi connectivity index (χ4n) is 3.45. The van der Waals surface area contributed by atoms with E-state index in [2.05, 4.69) is 38.8 Å². The van der Waals surface area contributed by atoms with Crippen molar-refractivity contribution in [1.82, 2.24) is 19.7 Å². The maximum absolute atomic E-state index is 10.1. The minimum absolute atomic E-state index is 0.148. The van der Waals surface area contributed by atoms with E-state index in [1.165, 1.54) is 6.42 Å². The summed E-state index contributed by atoms with van der Waals surface area (Å²) in [7, 11) is 4.11. The number of aliphatic hydroxyl groups is 1. The first-order valence-electron chi connectivity index (χ1n) is 8.45. The van der Waals surface area contributed by atoms with Crippen LogP contribution in [-0.4, -0.2) is 44.5 Å². The quantitative estimate of drug-likeness (QED) is 0.921. The van der Waals surface area contributed by atoms with E-state index in [0.717, 1.165) is 49.6 Å². The van der Waals surface area contributed by atoms with Crippen LogP contribution in [0.1, 0.15) is 31.5 Å². The van der Waals surface area contributed by atoms with Gasteiger partial charge in [-0.1, -0.05) is 43.2 Å². The van der Waals surface area contributed by atoms with Gasteiger partial charge in [-0.2, -0.15) is 0 Å². The first kappa shape index (κ1) is 16.1. The Morgan fingerprint density at radius 2 is 1.91 bits per heavy atom. The number of rotatable bonds is 5. The molecule has 1 aliphatic carbocycles. The van der Waals surface area contributed by atoms with Crippen LogP contribution in [-0.2, 0) is 13.6 Å². The Hall–Kier alpha value is -1.72. The predicted molar refractivity (Wildman–Crippen MR) is 90.7 cm³/mol. The van der Waals surface area contributed by atoms with E-state index in [1.54, 1.807) is 0 Å². The number of hydrogen-bond acceptors (Lipinski definition) is 4. The third-order valence-corrected chi connectivity index (χ3v) is 4.82. The molecule has 0 aliphatic heterocycles. The predicted octanol–water partition coefficient (Wildman–Crippen LogP) is 2.47. The Morgan fingerprint density at radius 1 is 1.17 bits per heavy atom. The van der Waals surface area contributed by atoms with Crippen molar-refractivity contribution in [3.63, 3.8) is 0 Å². The second-order valence-electron chi connectivity index (χ2n) is 6.67. The molecule has 1 aromatic carbocycles. The van der Waals surface area contributed by atoms with Gasteiger partial charge in [0.2, 0.25) is 0 Å². The zero-order valence-electron chi connectivity index (χ0n) is 14.0. The molecular weight excluding hydrogens is 288 g/mol. The van der Waals surface area contributed by atoms with Crippen LogP contribution in [0.4, 0.5) is 0 Å². The molecule has 0 amide bonds. The molecule has 1 heterocycles. The lowest BCUT2D eigenvalue weighted by Crippen LogP contribution is -2.35. The fourth-order valence-corrected chi connectivity index (χ4v) is 3.45. The Morgan fingerprint density at radius 3 is 2.65 bits per heavy atom. The van der Waals surface area contributed by atoms with Gasteiger partial charge in [-0.05, 0) is 25.8 Å². The Kier molecular flexibility index (Phi) is 5.08. The molecule has 1 fully saturated rings. The zero-order chi connectivity index (χ0) is 16.2. The summed E-state index contributed by atoms with van der Waals surface area (Å²) in [6.07, 6.45) is 4.31. The summed E-state index contributed by atoms with van der Waals surface area (Å²) in [5.74, 6) is 2.24. The molecule has 5 heteroatoms. The van der Waals surface area contributed by atoms with E-state index in [-0.39, 0.29) is 6.10 Å². The lowest BCUT2D eigenvalue weighted by Gasteiger charge is -2.31. The third kappa shape index (κ3) is 3.79. The molecular formula is C18H26N4O. The summed E-state index contributed by atoms with van der Waals surface area (Å²) in [5, 5.41) is 18.8. The van der Waals surface area contributed by atoms with Crippen LogP contribution in [0, 0.1) is 5.92 Å². The van der Waals surface area contributed by atoms with Gasteiger partial charge >= 0.3 is 0 Å². The summed E-state index contributed by atoms with van der Waals surface area (Å²) in [6.45, 7) is 1.66. The van der Waals surface area contributed by atoms with Crippen LogP contribution in [0.2, 0.25) is 0 Å². The minimum Gasteiger partial charge on any atom is -0.393 e. The molecule has 1 aromatic heterocycles. The Balaban J connectivity index is 1.65. The normalized spacial score (nSPS) is 21.7. The molecule has 1 aliphatic rings. The SMILES string of the molecule is CN(Cc1nnc(-c2ccccc2)n1C)CC1CCCCC1O. The molecule has 5 nitrogen and oxygen atoms in total. The largest absolute Gasteiger partial charge is 0.393 e. The molecule has 0 saturated heterocycles. The van der Waals surface area contributed by atoms with Gasteiger partial charge < -0.3 is 9.67 Å². The molecule has 124 valence electrons. The van der Waals surface area contributed by atoms with Gasteiger partial charge in [0.15, 0.2) is 5.82 Å². The van der Waals surface area contributed by atoms with Crippen LogP contribution in [0.3, 0.4) is 0 Å². The minimum atomic E-state index is -0.148. The Labute approximate surface area is 138 Å². The molecule has 0 spiro atoms. The van der Waals surface area contributed by atoms with Gasteiger partial charge in [0.25, 0.3) is 0 Å². The molecule has 2 aromatic rings. The standard InChI is InChI=1S/C18H26N4O/c1-21(12-15-10-6-7-11-16(15)23)13-17-19-20-18(22(17)2)14-8-4-3-5-9-14/h3-5,8-9,15-16,23H,6-7,10-13H2,1-2H3. The first-order valence-corrected chi connectivity index (χ1v) is 8.45. The van der Waals surface area contributed by atoms with Crippen molar-refractivity contribution in [2.24, 2.45) is 13.0 Å². The van der Waals surface area contributed by atoms with Gasteiger partial charge in [0.05, 0.1) is 12.6 Å². The second kappa shape index (κ2) is 7.23. The number of aliphatic hydroxyl groups excluding tert-OH is 1. The van der Waals surface area contributed by atoms with E-state index >= 15 is 0 Å². The van der Waals surface area contributed by atoms with Gasteiger partial charge in [-0.3, -0.25) is 4.90 Å². The van der Waals surface area contributed by atoms with Crippen molar-refractivity contribution in [2.45, 2.75) is 38.3 Å². The van der Waals surface area contributed by atoms with Crippen LogP contribution >= 0.6 is 0 Å². The number of aromatic nitrogens is 3. The van der Waals surface area contributed by atoms with Crippen molar-refractivity contribution >= 4 is 0 Å². The Bertz CT molecular complexity index is 625. The van der Waals surface area contributed by atoms with Gasteiger partial charge in [0.1, 0.15) is 5.82 Å². The van der Waals surface area contributed by atoms with E-state index in [9.17, 15) is 5.11 Å². The van der Waals surface area contributed by atoms with Crippen LogP contribution in [0.5, 0.6) is 0 Å². The summed E-state index contributed by atoms with van der Waals surface area (Å²) in [4.78, 5) is 2.25. The van der Waals surface area contributed by atoms with Gasteiger partial charge in [-0.15, -0.1) is 10.2 Å². The van der Waals surface area contributed by atoms with E-state index in [0.29, 0.717) is 5.92 Å². The highest BCUT2D eigenvalue weighted by molar-refractivity contribution is 5.54. The van der Waals surface area contributed by atoms with Gasteiger partial charge in [-0.25, -0.2) is 0 Å².